The molecule has 0 radical (unpaired) electrons. The summed E-state index contributed by atoms with van der Waals surface area (Å²) in [5, 5.41) is 10.4. The van der Waals surface area contributed by atoms with Crippen LogP contribution in [0.15, 0.2) is 21.9 Å². The summed E-state index contributed by atoms with van der Waals surface area (Å²) in [5.74, 6) is 2.03. The molecule has 6 heteroatoms. The molecule has 1 saturated heterocycles. The fourth-order valence-corrected chi connectivity index (χ4v) is 4.53. The van der Waals surface area contributed by atoms with E-state index in [-0.39, 0.29) is 11.8 Å². The number of likely N-dealkylation sites (tertiary alicyclic amines) is 1. The van der Waals surface area contributed by atoms with Crippen molar-refractivity contribution in [3.8, 4) is 10.8 Å². The summed E-state index contributed by atoms with van der Waals surface area (Å²) in [7, 11) is 0. The Hall–Kier alpha value is -1.69. The number of carbonyl (C=O) groups is 1. The summed E-state index contributed by atoms with van der Waals surface area (Å²) in [5.41, 5.74) is 0. The predicted octanol–water partition coefficient (Wildman–Crippen LogP) is 4.08. The van der Waals surface area contributed by atoms with Crippen molar-refractivity contribution in [2.45, 2.75) is 50.9 Å². The van der Waals surface area contributed by atoms with Crippen LogP contribution in [0.2, 0.25) is 0 Å². The SMILES string of the molecule is O=C(C1CCCCC1)N1CCC[C@H](c2nnc(-c3cccs3)o2)C1. The van der Waals surface area contributed by atoms with Crippen LogP contribution >= 0.6 is 11.3 Å². The first kappa shape index (κ1) is 15.8. The van der Waals surface area contributed by atoms with Gasteiger partial charge in [0.15, 0.2) is 0 Å². The molecule has 0 spiro atoms. The minimum absolute atomic E-state index is 0.174. The van der Waals surface area contributed by atoms with Gasteiger partial charge in [0.2, 0.25) is 11.8 Å². The number of hydrogen-bond donors (Lipinski definition) is 0. The fourth-order valence-electron chi connectivity index (χ4n) is 3.89. The highest BCUT2D eigenvalue weighted by molar-refractivity contribution is 7.13. The monoisotopic (exact) mass is 345 g/mol. The second kappa shape index (κ2) is 7.05. The molecule has 2 aromatic rings. The van der Waals surface area contributed by atoms with Gasteiger partial charge in [-0.3, -0.25) is 4.79 Å². The molecule has 3 heterocycles. The summed E-state index contributed by atoms with van der Waals surface area (Å²) in [4.78, 5) is 15.8. The van der Waals surface area contributed by atoms with Crippen LogP contribution in [0.1, 0.15) is 56.8 Å². The Morgan fingerprint density at radius 1 is 1.17 bits per heavy atom. The van der Waals surface area contributed by atoms with E-state index < -0.39 is 0 Å². The van der Waals surface area contributed by atoms with Crippen LogP contribution in [0.25, 0.3) is 10.8 Å². The van der Waals surface area contributed by atoms with E-state index in [1.807, 2.05) is 22.4 Å². The smallest absolute Gasteiger partial charge is 0.257 e. The molecule has 1 aliphatic heterocycles. The van der Waals surface area contributed by atoms with Crippen LogP contribution in [-0.2, 0) is 4.79 Å². The zero-order valence-electron chi connectivity index (χ0n) is 13.8. The first-order valence-corrected chi connectivity index (χ1v) is 9.85. The molecular formula is C18H23N3O2S. The van der Waals surface area contributed by atoms with Gasteiger partial charge in [-0.25, -0.2) is 0 Å². The van der Waals surface area contributed by atoms with E-state index in [0.29, 0.717) is 17.7 Å². The normalized spacial score (nSPS) is 22.7. The maximum atomic E-state index is 12.8. The Kier molecular flexibility index (Phi) is 4.65. The predicted molar refractivity (Wildman–Crippen MR) is 92.7 cm³/mol. The fraction of sp³-hybridized carbons (Fsp3) is 0.611. The van der Waals surface area contributed by atoms with Gasteiger partial charge in [0.05, 0.1) is 10.8 Å². The number of carbonyl (C=O) groups excluding carboxylic acids is 1. The Morgan fingerprint density at radius 3 is 2.83 bits per heavy atom. The highest BCUT2D eigenvalue weighted by Crippen LogP contribution is 2.32. The van der Waals surface area contributed by atoms with Gasteiger partial charge in [-0.1, -0.05) is 25.3 Å². The molecule has 0 aromatic carbocycles. The number of piperidine rings is 1. The van der Waals surface area contributed by atoms with Crippen molar-refractivity contribution in [3.05, 3.63) is 23.4 Å². The first-order valence-electron chi connectivity index (χ1n) is 8.97. The van der Waals surface area contributed by atoms with Crippen LogP contribution in [0, 0.1) is 5.92 Å². The van der Waals surface area contributed by atoms with E-state index >= 15 is 0 Å². The molecule has 1 amide bonds. The zero-order valence-corrected chi connectivity index (χ0v) is 14.6. The number of amides is 1. The topological polar surface area (TPSA) is 59.2 Å². The number of nitrogens with zero attached hydrogens (tertiary/aromatic N) is 3. The van der Waals surface area contributed by atoms with Crippen LogP contribution in [0.5, 0.6) is 0 Å². The van der Waals surface area contributed by atoms with E-state index in [4.69, 9.17) is 4.42 Å². The quantitative estimate of drug-likeness (QED) is 0.841. The average Bonchev–Trinajstić information content (AvgIpc) is 3.33. The second-order valence-corrected chi connectivity index (χ2v) is 7.83. The molecule has 24 heavy (non-hydrogen) atoms. The molecule has 0 N–H and O–H groups in total. The van der Waals surface area contributed by atoms with Crippen LogP contribution in [0.4, 0.5) is 0 Å². The lowest BCUT2D eigenvalue weighted by molar-refractivity contribution is -0.137. The van der Waals surface area contributed by atoms with E-state index in [2.05, 4.69) is 10.2 Å². The van der Waals surface area contributed by atoms with Crippen molar-refractivity contribution in [2.24, 2.45) is 5.92 Å². The van der Waals surface area contributed by atoms with Crippen molar-refractivity contribution in [1.82, 2.24) is 15.1 Å². The second-order valence-electron chi connectivity index (χ2n) is 6.88. The minimum Gasteiger partial charge on any atom is -0.420 e. The summed E-state index contributed by atoms with van der Waals surface area (Å²) in [6.45, 7) is 1.60. The number of aromatic nitrogens is 2. The lowest BCUT2D eigenvalue weighted by Gasteiger charge is -2.34. The largest absolute Gasteiger partial charge is 0.420 e. The molecule has 2 fully saturated rings. The Labute approximate surface area is 146 Å². The van der Waals surface area contributed by atoms with Gasteiger partial charge >= 0.3 is 0 Å². The van der Waals surface area contributed by atoms with E-state index in [9.17, 15) is 4.79 Å². The molecule has 0 unspecified atom stereocenters. The van der Waals surface area contributed by atoms with Gasteiger partial charge in [0.25, 0.3) is 5.89 Å². The summed E-state index contributed by atoms with van der Waals surface area (Å²) >= 11 is 1.60. The first-order chi connectivity index (χ1) is 11.8. The zero-order chi connectivity index (χ0) is 16.4. The highest BCUT2D eigenvalue weighted by atomic mass is 32.1. The van der Waals surface area contributed by atoms with Crippen molar-refractivity contribution < 1.29 is 9.21 Å². The molecule has 1 atom stereocenters. The van der Waals surface area contributed by atoms with Gasteiger partial charge in [-0.2, -0.15) is 0 Å². The Morgan fingerprint density at radius 2 is 2.04 bits per heavy atom. The standard InChI is InChI=1S/C18H23N3O2S/c22-18(13-6-2-1-3-7-13)21-10-4-8-14(12-21)16-19-20-17(23-16)15-9-5-11-24-15/h5,9,11,13-14H,1-4,6-8,10,12H2/t14-/m0/s1. The Bertz CT molecular complexity index is 676. The molecule has 128 valence electrons. The minimum atomic E-state index is 0.174. The van der Waals surface area contributed by atoms with Crippen LogP contribution < -0.4 is 0 Å². The third-order valence-electron chi connectivity index (χ3n) is 5.21. The molecule has 1 aliphatic carbocycles. The highest BCUT2D eigenvalue weighted by Gasteiger charge is 2.32. The lowest BCUT2D eigenvalue weighted by atomic mass is 9.87. The molecule has 2 aromatic heterocycles. The molecular weight excluding hydrogens is 322 g/mol. The average molecular weight is 345 g/mol. The van der Waals surface area contributed by atoms with Gasteiger partial charge in [0.1, 0.15) is 0 Å². The molecule has 5 nitrogen and oxygen atoms in total. The summed E-state index contributed by atoms with van der Waals surface area (Å²) in [6, 6.07) is 3.97. The van der Waals surface area contributed by atoms with E-state index in [0.717, 1.165) is 43.6 Å². The number of thiophene rings is 1. The van der Waals surface area contributed by atoms with Crippen LogP contribution in [-0.4, -0.2) is 34.1 Å². The summed E-state index contributed by atoms with van der Waals surface area (Å²) in [6.07, 6.45) is 7.81. The Balaban J connectivity index is 1.44. The van der Waals surface area contributed by atoms with Gasteiger partial charge < -0.3 is 9.32 Å². The lowest BCUT2D eigenvalue weighted by Crippen LogP contribution is -2.42. The van der Waals surface area contributed by atoms with Crippen LogP contribution in [0.3, 0.4) is 0 Å². The van der Waals surface area contributed by atoms with Crippen molar-refractivity contribution >= 4 is 17.2 Å². The molecule has 1 saturated carbocycles. The summed E-state index contributed by atoms with van der Waals surface area (Å²) < 4.78 is 5.89. The maximum absolute atomic E-state index is 12.8. The molecule has 0 bridgehead atoms. The number of rotatable bonds is 3. The third-order valence-corrected chi connectivity index (χ3v) is 6.07. The van der Waals surface area contributed by atoms with Gasteiger partial charge in [-0.05, 0) is 37.1 Å². The van der Waals surface area contributed by atoms with E-state index in [1.165, 1.54) is 19.3 Å². The third kappa shape index (κ3) is 3.24. The van der Waals surface area contributed by atoms with Crippen molar-refractivity contribution in [2.75, 3.05) is 13.1 Å². The van der Waals surface area contributed by atoms with Gasteiger partial charge in [-0.15, -0.1) is 21.5 Å². The van der Waals surface area contributed by atoms with E-state index in [1.54, 1.807) is 11.3 Å². The number of hydrogen-bond acceptors (Lipinski definition) is 5. The molecule has 4 rings (SSSR count). The van der Waals surface area contributed by atoms with Crippen molar-refractivity contribution in [3.63, 3.8) is 0 Å². The van der Waals surface area contributed by atoms with Crippen molar-refractivity contribution in [1.29, 1.82) is 0 Å². The maximum Gasteiger partial charge on any atom is 0.257 e. The molecule has 2 aliphatic rings. The van der Waals surface area contributed by atoms with Gasteiger partial charge in [0, 0.05) is 19.0 Å².